The van der Waals surface area contributed by atoms with Crippen LogP contribution in [0.25, 0.3) is 117 Å². The number of benzene rings is 9. The van der Waals surface area contributed by atoms with Gasteiger partial charge in [0.15, 0.2) is 0 Å². The van der Waals surface area contributed by atoms with Crippen molar-refractivity contribution in [2.24, 2.45) is 0 Å². The summed E-state index contributed by atoms with van der Waals surface area (Å²) in [4.78, 5) is 0. The van der Waals surface area contributed by atoms with Crippen molar-refractivity contribution in [1.29, 1.82) is 0 Å². The number of fused-ring (bicyclic) bond motifs is 14. The van der Waals surface area contributed by atoms with E-state index in [1.54, 1.807) is 0 Å². The first-order valence-electron chi connectivity index (χ1n) is 18.4. The van der Waals surface area contributed by atoms with Gasteiger partial charge in [0.25, 0.3) is 0 Å². The third-order valence-corrected chi connectivity index (χ3v) is 13.9. The molecule has 9 aromatic carbocycles. The molecule has 0 aliphatic rings. The third-order valence-electron chi connectivity index (χ3n) is 11.6. The first-order valence-corrected chi connectivity index (χ1v) is 20.0. The summed E-state index contributed by atoms with van der Waals surface area (Å²) >= 11 is 3.83. The normalized spacial score (nSPS) is 12.4. The van der Waals surface area contributed by atoms with Crippen LogP contribution in [0, 0.1) is 0 Å². The van der Waals surface area contributed by atoms with Crippen molar-refractivity contribution >= 4 is 128 Å². The first-order chi connectivity index (χ1) is 26.7. The van der Waals surface area contributed by atoms with Gasteiger partial charge in [-0.25, -0.2) is 0 Å². The number of hydrogen-bond donors (Lipinski definition) is 0. The van der Waals surface area contributed by atoms with Gasteiger partial charge in [-0.1, -0.05) is 84.9 Å². The molecule has 4 heterocycles. The van der Waals surface area contributed by atoms with Crippen LogP contribution >= 0.6 is 22.7 Å². The fourth-order valence-corrected chi connectivity index (χ4v) is 11.5. The minimum atomic E-state index is 1.20. The van der Waals surface area contributed by atoms with Crippen LogP contribution in [0.5, 0.6) is 0 Å². The topological polar surface area (TPSA) is 9.86 Å². The van der Waals surface area contributed by atoms with E-state index in [9.17, 15) is 0 Å². The second-order valence-corrected chi connectivity index (χ2v) is 16.7. The highest BCUT2D eigenvalue weighted by atomic mass is 32.1. The molecular formula is C50H28N2S2. The molecule has 4 aromatic heterocycles. The van der Waals surface area contributed by atoms with E-state index >= 15 is 0 Å². The molecule has 0 saturated carbocycles. The first kappa shape index (κ1) is 29.0. The second kappa shape index (κ2) is 10.6. The second-order valence-electron chi connectivity index (χ2n) is 14.5. The van der Waals surface area contributed by atoms with Crippen LogP contribution in [0.2, 0.25) is 0 Å². The predicted molar refractivity (Wildman–Crippen MR) is 236 cm³/mol. The van der Waals surface area contributed by atoms with Crippen LogP contribution < -0.4 is 0 Å². The lowest BCUT2D eigenvalue weighted by Gasteiger charge is -2.09. The summed E-state index contributed by atoms with van der Waals surface area (Å²) in [6, 6.07) is 63.4. The van der Waals surface area contributed by atoms with Gasteiger partial charge in [0, 0.05) is 73.3 Å². The fraction of sp³-hybridized carbons (Fsp3) is 0. The molecule has 0 fully saturated rings. The maximum atomic E-state index is 2.45. The Balaban J connectivity index is 0.953. The highest BCUT2D eigenvalue weighted by molar-refractivity contribution is 7.27. The molecule has 13 rings (SSSR count). The van der Waals surface area contributed by atoms with Crippen molar-refractivity contribution in [1.82, 2.24) is 9.13 Å². The van der Waals surface area contributed by atoms with Gasteiger partial charge in [0.2, 0.25) is 0 Å². The number of para-hydroxylation sites is 4. The van der Waals surface area contributed by atoms with Crippen LogP contribution in [0.4, 0.5) is 0 Å². The zero-order chi connectivity index (χ0) is 35.1. The molecule has 0 radical (unpaired) electrons. The average Bonchev–Trinajstić information content (AvgIpc) is 3.95. The molecule has 0 saturated heterocycles. The molecule has 0 atom stereocenters. The largest absolute Gasteiger partial charge is 0.309 e. The number of nitrogens with zero attached hydrogens (tertiary/aromatic N) is 2. The summed E-state index contributed by atoms with van der Waals surface area (Å²) < 4.78 is 10.2. The smallest absolute Gasteiger partial charge is 0.0541 e. The van der Waals surface area contributed by atoms with E-state index in [1.807, 2.05) is 22.7 Å². The quantitative estimate of drug-likeness (QED) is 0.168. The molecule has 0 bridgehead atoms. The van der Waals surface area contributed by atoms with Crippen molar-refractivity contribution < 1.29 is 0 Å². The van der Waals surface area contributed by atoms with E-state index in [4.69, 9.17) is 0 Å². The van der Waals surface area contributed by atoms with E-state index in [0.29, 0.717) is 0 Å². The molecular weight excluding hydrogens is 693 g/mol. The van der Waals surface area contributed by atoms with Gasteiger partial charge < -0.3 is 9.13 Å². The molecule has 4 heteroatoms. The van der Waals surface area contributed by atoms with Gasteiger partial charge in [-0.15, -0.1) is 22.7 Å². The van der Waals surface area contributed by atoms with Crippen molar-refractivity contribution in [2.75, 3.05) is 0 Å². The molecule has 13 aromatic rings. The van der Waals surface area contributed by atoms with Crippen molar-refractivity contribution in [3.63, 3.8) is 0 Å². The Kier molecular flexibility index (Phi) is 5.69. The number of rotatable bonds is 2. The van der Waals surface area contributed by atoms with Crippen LogP contribution in [-0.2, 0) is 0 Å². The van der Waals surface area contributed by atoms with E-state index < -0.39 is 0 Å². The van der Waals surface area contributed by atoms with Crippen LogP contribution in [-0.4, -0.2) is 9.13 Å². The Morgan fingerprint density at radius 3 is 0.981 bits per heavy atom. The number of hydrogen-bond acceptors (Lipinski definition) is 2. The summed E-state index contributed by atoms with van der Waals surface area (Å²) in [5.74, 6) is 0. The van der Waals surface area contributed by atoms with Gasteiger partial charge >= 0.3 is 0 Å². The molecule has 0 aliphatic carbocycles. The van der Waals surface area contributed by atoms with Crippen LogP contribution in [0.3, 0.4) is 0 Å². The predicted octanol–water partition coefficient (Wildman–Crippen LogP) is 14.9. The Labute approximate surface area is 316 Å². The lowest BCUT2D eigenvalue weighted by molar-refractivity contribution is 1.19. The van der Waals surface area contributed by atoms with E-state index in [-0.39, 0.29) is 0 Å². The molecule has 54 heavy (non-hydrogen) atoms. The third kappa shape index (κ3) is 3.93. The highest BCUT2D eigenvalue weighted by Crippen LogP contribution is 2.44. The lowest BCUT2D eigenvalue weighted by atomic mass is 10.0. The van der Waals surface area contributed by atoms with E-state index in [0.717, 1.165) is 0 Å². The standard InChI is InChI=1S/C50H28N2S2/c1-5-13-43-35(9-1)36-10-2-6-14-44(36)51(43)33-19-17-29-23-39-41-27-50-42(28-49(41)53-47(39)25-31(29)21-33)40-24-30-18-20-34(22-32(30)26-48(40)54-50)52-45-15-7-3-11-37(45)38-12-4-8-16-46(38)52/h1-28H. The maximum absolute atomic E-state index is 2.45. The van der Waals surface area contributed by atoms with Gasteiger partial charge in [-0.05, 0) is 106 Å². The molecule has 2 nitrogen and oxygen atoms in total. The van der Waals surface area contributed by atoms with Gasteiger partial charge in [0.05, 0.1) is 22.1 Å². The monoisotopic (exact) mass is 720 g/mol. The Hall–Kier alpha value is -6.46. The molecule has 0 unspecified atom stereocenters. The number of thiophene rings is 2. The SMILES string of the molecule is c1ccc2c(c1)c1ccccc1n2-c1ccc2cc3c(cc2c1)sc1cc2c(cc13)sc1cc3cc(-n4c5ccccc5c5ccccc54)ccc3cc12. The summed E-state index contributed by atoms with van der Waals surface area (Å²) in [5, 5.41) is 15.6. The van der Waals surface area contributed by atoms with Gasteiger partial charge in [-0.2, -0.15) is 0 Å². The molecule has 250 valence electrons. The zero-order valence-corrected chi connectivity index (χ0v) is 30.5. The Morgan fingerprint density at radius 2 is 0.593 bits per heavy atom. The molecule has 0 amide bonds. The average molecular weight is 721 g/mol. The van der Waals surface area contributed by atoms with Crippen LogP contribution in [0.1, 0.15) is 0 Å². The van der Waals surface area contributed by atoms with E-state index in [2.05, 4.69) is 179 Å². The fourth-order valence-electron chi connectivity index (χ4n) is 9.18. The zero-order valence-electron chi connectivity index (χ0n) is 28.9. The van der Waals surface area contributed by atoms with Gasteiger partial charge in [-0.3, -0.25) is 0 Å². The summed E-state index contributed by atoms with van der Waals surface area (Å²) in [5.41, 5.74) is 7.35. The minimum Gasteiger partial charge on any atom is -0.309 e. The van der Waals surface area contributed by atoms with Crippen LogP contribution in [0.15, 0.2) is 170 Å². The van der Waals surface area contributed by atoms with Crippen molar-refractivity contribution in [3.05, 3.63) is 170 Å². The van der Waals surface area contributed by atoms with Crippen molar-refractivity contribution in [2.45, 2.75) is 0 Å². The van der Waals surface area contributed by atoms with Crippen molar-refractivity contribution in [3.8, 4) is 11.4 Å². The molecule has 0 aliphatic heterocycles. The molecule has 0 spiro atoms. The summed E-state index contributed by atoms with van der Waals surface area (Å²) in [6.45, 7) is 0. The Morgan fingerprint density at radius 1 is 0.259 bits per heavy atom. The number of aromatic nitrogens is 2. The van der Waals surface area contributed by atoms with Gasteiger partial charge in [0.1, 0.15) is 0 Å². The minimum absolute atomic E-state index is 1.20. The molecule has 0 N–H and O–H groups in total. The summed E-state index contributed by atoms with van der Waals surface area (Å²) in [6.07, 6.45) is 0. The Bertz CT molecular complexity index is 3390. The maximum Gasteiger partial charge on any atom is 0.0541 e. The summed E-state index contributed by atoms with van der Waals surface area (Å²) in [7, 11) is 0. The van der Waals surface area contributed by atoms with E-state index in [1.165, 1.54) is 117 Å². The lowest BCUT2D eigenvalue weighted by Crippen LogP contribution is -1.93. The highest BCUT2D eigenvalue weighted by Gasteiger charge is 2.16.